The Morgan fingerprint density at radius 1 is 1.17 bits per heavy atom. The van der Waals surface area contributed by atoms with Crippen LogP contribution in [0.1, 0.15) is 28.9 Å². The zero-order valence-electron chi connectivity index (χ0n) is 12.8. The van der Waals surface area contributed by atoms with Crippen LogP contribution in [0.3, 0.4) is 0 Å². The summed E-state index contributed by atoms with van der Waals surface area (Å²) < 4.78 is 1.97. The molecule has 0 atom stereocenters. The quantitative estimate of drug-likeness (QED) is 0.701. The van der Waals surface area contributed by atoms with Crippen molar-refractivity contribution >= 4 is 28.6 Å². The number of hydrogen-bond acceptors (Lipinski definition) is 4. The van der Waals surface area contributed by atoms with Crippen molar-refractivity contribution in [3.63, 3.8) is 0 Å². The van der Waals surface area contributed by atoms with E-state index in [9.17, 15) is 19.5 Å². The standard InChI is InChI=1S/C16H16IN3O4/c17-10-3-5-11(6-4-10)20-14(21)12(9-19-7-1-2-8-19)13(15(22)23)18-16(20)24/h3-6H,1-2,7-9H2,(H,18,24)(H,22,23). The molecular weight excluding hydrogens is 425 g/mol. The number of aromatic amines is 1. The molecule has 1 aromatic heterocycles. The zero-order valence-corrected chi connectivity index (χ0v) is 14.9. The number of rotatable bonds is 4. The smallest absolute Gasteiger partial charge is 0.352 e. The van der Waals surface area contributed by atoms with Gasteiger partial charge in [-0.25, -0.2) is 14.2 Å². The van der Waals surface area contributed by atoms with Gasteiger partial charge in [0.15, 0.2) is 0 Å². The average Bonchev–Trinajstić information content (AvgIpc) is 3.04. The van der Waals surface area contributed by atoms with Gasteiger partial charge in [-0.3, -0.25) is 9.69 Å². The number of carbonyl (C=O) groups is 1. The number of nitrogens with zero attached hydrogens (tertiary/aromatic N) is 2. The Balaban J connectivity index is 2.16. The van der Waals surface area contributed by atoms with Crippen LogP contribution in [0.5, 0.6) is 0 Å². The second-order valence-electron chi connectivity index (χ2n) is 5.69. The maximum absolute atomic E-state index is 12.8. The largest absolute Gasteiger partial charge is 0.477 e. The number of carboxylic acid groups (broad SMARTS) is 1. The summed E-state index contributed by atoms with van der Waals surface area (Å²) in [4.78, 5) is 40.9. The van der Waals surface area contributed by atoms with E-state index in [1.807, 2.05) is 4.90 Å². The molecule has 0 radical (unpaired) electrons. The lowest BCUT2D eigenvalue weighted by molar-refractivity contribution is 0.0687. The Hall–Kier alpha value is -1.94. The van der Waals surface area contributed by atoms with Gasteiger partial charge in [0, 0.05) is 10.1 Å². The molecule has 0 unspecified atom stereocenters. The number of aromatic carboxylic acids is 1. The molecule has 126 valence electrons. The molecule has 1 aromatic carbocycles. The van der Waals surface area contributed by atoms with Crippen LogP contribution in [-0.2, 0) is 6.54 Å². The molecule has 0 saturated carbocycles. The van der Waals surface area contributed by atoms with Crippen LogP contribution in [0.25, 0.3) is 5.69 Å². The molecule has 0 amide bonds. The predicted octanol–water partition coefficient (Wildman–Crippen LogP) is 1.42. The lowest BCUT2D eigenvalue weighted by atomic mass is 10.2. The Bertz CT molecular complexity index is 880. The molecule has 8 heteroatoms. The molecule has 24 heavy (non-hydrogen) atoms. The fourth-order valence-electron chi connectivity index (χ4n) is 2.89. The first-order chi connectivity index (χ1) is 11.5. The molecule has 1 saturated heterocycles. The molecule has 2 aromatic rings. The van der Waals surface area contributed by atoms with E-state index in [1.165, 1.54) is 0 Å². The van der Waals surface area contributed by atoms with E-state index >= 15 is 0 Å². The van der Waals surface area contributed by atoms with Crippen molar-refractivity contribution in [2.24, 2.45) is 0 Å². The monoisotopic (exact) mass is 441 g/mol. The molecule has 3 rings (SSSR count). The topological polar surface area (TPSA) is 95.4 Å². The first-order valence-electron chi connectivity index (χ1n) is 7.57. The fraction of sp³-hybridized carbons (Fsp3) is 0.312. The van der Waals surface area contributed by atoms with Gasteiger partial charge in [-0.2, -0.15) is 0 Å². The first kappa shape index (κ1) is 16.9. The highest BCUT2D eigenvalue weighted by atomic mass is 127. The summed E-state index contributed by atoms with van der Waals surface area (Å²) in [5, 5.41) is 9.35. The first-order valence-corrected chi connectivity index (χ1v) is 8.65. The maximum Gasteiger partial charge on any atom is 0.352 e. The third-order valence-corrected chi connectivity index (χ3v) is 4.80. The summed E-state index contributed by atoms with van der Waals surface area (Å²) in [6, 6.07) is 6.90. The van der Waals surface area contributed by atoms with E-state index in [0.717, 1.165) is 34.1 Å². The third-order valence-electron chi connectivity index (χ3n) is 4.08. The van der Waals surface area contributed by atoms with Gasteiger partial charge >= 0.3 is 11.7 Å². The van der Waals surface area contributed by atoms with Crippen molar-refractivity contribution in [2.45, 2.75) is 19.4 Å². The second kappa shape index (κ2) is 6.89. The van der Waals surface area contributed by atoms with Gasteiger partial charge in [0.05, 0.1) is 11.3 Å². The van der Waals surface area contributed by atoms with Crippen LogP contribution in [-0.4, -0.2) is 38.6 Å². The van der Waals surface area contributed by atoms with E-state index in [2.05, 4.69) is 27.6 Å². The number of nitrogens with one attached hydrogen (secondary N) is 1. The number of benzene rings is 1. The van der Waals surface area contributed by atoms with Gasteiger partial charge in [0.25, 0.3) is 5.56 Å². The Kier molecular flexibility index (Phi) is 4.86. The van der Waals surface area contributed by atoms with Gasteiger partial charge in [0.1, 0.15) is 5.69 Å². The summed E-state index contributed by atoms with van der Waals surface area (Å²) in [5.74, 6) is -1.30. The average molecular weight is 441 g/mol. The van der Waals surface area contributed by atoms with Crippen LogP contribution in [0, 0.1) is 3.57 Å². The molecule has 1 fully saturated rings. The molecule has 0 bridgehead atoms. The van der Waals surface area contributed by atoms with E-state index in [4.69, 9.17) is 0 Å². The van der Waals surface area contributed by atoms with E-state index < -0.39 is 17.2 Å². The summed E-state index contributed by atoms with van der Waals surface area (Å²) in [7, 11) is 0. The van der Waals surface area contributed by atoms with E-state index in [1.54, 1.807) is 24.3 Å². The number of H-pyrrole nitrogens is 1. The fourth-order valence-corrected chi connectivity index (χ4v) is 3.25. The minimum atomic E-state index is -1.30. The molecule has 1 aliphatic heterocycles. The molecule has 0 aliphatic carbocycles. The minimum Gasteiger partial charge on any atom is -0.477 e. The Morgan fingerprint density at radius 2 is 1.79 bits per heavy atom. The van der Waals surface area contributed by atoms with Gasteiger partial charge in [-0.15, -0.1) is 0 Å². The molecule has 2 heterocycles. The van der Waals surface area contributed by atoms with E-state index in [0.29, 0.717) is 5.69 Å². The highest BCUT2D eigenvalue weighted by Crippen LogP contribution is 2.13. The minimum absolute atomic E-state index is 0.113. The summed E-state index contributed by atoms with van der Waals surface area (Å²) >= 11 is 2.13. The highest BCUT2D eigenvalue weighted by molar-refractivity contribution is 14.1. The van der Waals surface area contributed by atoms with Crippen molar-refractivity contribution in [3.8, 4) is 5.69 Å². The van der Waals surface area contributed by atoms with Crippen molar-refractivity contribution in [3.05, 3.63) is 59.9 Å². The summed E-state index contributed by atoms with van der Waals surface area (Å²) in [6.07, 6.45) is 2.05. The molecule has 2 N–H and O–H groups in total. The number of hydrogen-bond donors (Lipinski definition) is 2. The van der Waals surface area contributed by atoms with Gasteiger partial charge in [0.2, 0.25) is 0 Å². The van der Waals surface area contributed by atoms with Crippen molar-refractivity contribution in [1.29, 1.82) is 0 Å². The SMILES string of the molecule is O=C(O)c1[nH]c(=O)n(-c2ccc(I)cc2)c(=O)c1CN1CCCC1. The third kappa shape index (κ3) is 3.29. The van der Waals surface area contributed by atoms with Crippen LogP contribution < -0.4 is 11.2 Å². The maximum atomic E-state index is 12.8. The van der Waals surface area contributed by atoms with Crippen LogP contribution in [0.4, 0.5) is 0 Å². The van der Waals surface area contributed by atoms with E-state index in [-0.39, 0.29) is 17.8 Å². The predicted molar refractivity (Wildman–Crippen MR) is 96.8 cm³/mol. The summed E-state index contributed by atoms with van der Waals surface area (Å²) in [5.41, 5.74) is -1.12. The molecule has 1 aliphatic rings. The number of likely N-dealkylation sites (tertiary alicyclic amines) is 1. The number of halogens is 1. The van der Waals surface area contributed by atoms with Crippen LogP contribution >= 0.6 is 22.6 Å². The van der Waals surface area contributed by atoms with Gasteiger partial charge in [-0.05, 0) is 72.8 Å². The van der Waals surface area contributed by atoms with Crippen molar-refractivity contribution < 1.29 is 9.90 Å². The number of aromatic nitrogens is 2. The lowest BCUT2D eigenvalue weighted by Gasteiger charge is -2.16. The lowest BCUT2D eigenvalue weighted by Crippen LogP contribution is -2.40. The molecular formula is C16H16IN3O4. The normalized spacial score (nSPS) is 14.9. The second-order valence-corrected chi connectivity index (χ2v) is 6.93. The van der Waals surface area contributed by atoms with Crippen molar-refractivity contribution in [1.82, 2.24) is 14.5 Å². The highest BCUT2D eigenvalue weighted by Gasteiger charge is 2.23. The van der Waals surface area contributed by atoms with Gasteiger partial charge in [-0.1, -0.05) is 0 Å². The molecule has 0 spiro atoms. The van der Waals surface area contributed by atoms with Crippen LogP contribution in [0.2, 0.25) is 0 Å². The van der Waals surface area contributed by atoms with Gasteiger partial charge < -0.3 is 10.1 Å². The summed E-state index contributed by atoms with van der Waals surface area (Å²) in [6.45, 7) is 1.87. The molecule has 7 nitrogen and oxygen atoms in total. The Labute approximate surface area is 151 Å². The zero-order chi connectivity index (χ0) is 17.3. The Morgan fingerprint density at radius 3 is 2.38 bits per heavy atom. The number of carboxylic acids is 1. The van der Waals surface area contributed by atoms with Crippen molar-refractivity contribution in [2.75, 3.05) is 13.1 Å². The van der Waals surface area contributed by atoms with Crippen LogP contribution in [0.15, 0.2) is 33.9 Å².